The summed E-state index contributed by atoms with van der Waals surface area (Å²) in [5.41, 5.74) is 0. The van der Waals surface area contributed by atoms with E-state index in [1.165, 1.54) is 0 Å². The topological polar surface area (TPSA) is 78.4 Å². The first kappa shape index (κ1) is 14.7. The summed E-state index contributed by atoms with van der Waals surface area (Å²) in [7, 11) is 0. The van der Waals surface area contributed by atoms with Crippen LogP contribution in [0, 0.1) is 11.8 Å². The molecule has 0 heterocycles. The van der Waals surface area contributed by atoms with E-state index in [0.29, 0.717) is 19.0 Å². The Hall–Kier alpha value is -1.36. The minimum absolute atomic E-state index is 0.0332. The average Bonchev–Trinajstić information content (AvgIpc) is 2.37. The molecule has 5 nitrogen and oxygen atoms in total. The lowest BCUT2D eigenvalue weighted by molar-refractivity contribution is -0.143. The predicted octanol–water partition coefficient (Wildman–Crippen LogP) is 0.769. The molecule has 1 aliphatic rings. The summed E-state index contributed by atoms with van der Waals surface area (Å²) in [5, 5.41) is 14.7. The second kappa shape index (κ2) is 7.87. The van der Waals surface area contributed by atoms with E-state index >= 15 is 0 Å². The number of amides is 1. The van der Waals surface area contributed by atoms with Crippen LogP contribution in [0.25, 0.3) is 0 Å². The standard InChI is InChI=1S/C13H22N2O3/c1-2-7-15-12(16)9-14-8-10-3-5-11(6-4-10)13(17)18/h2,10-11,14H,1,3-9H2,(H,15,16)(H,17,18). The molecule has 0 aromatic heterocycles. The minimum atomic E-state index is -0.676. The largest absolute Gasteiger partial charge is 0.481 e. The summed E-state index contributed by atoms with van der Waals surface area (Å²) in [6.07, 6.45) is 5.01. The molecule has 0 saturated heterocycles. The van der Waals surface area contributed by atoms with Crippen LogP contribution in [0.3, 0.4) is 0 Å². The average molecular weight is 254 g/mol. The van der Waals surface area contributed by atoms with Crippen molar-refractivity contribution in [2.45, 2.75) is 25.7 Å². The smallest absolute Gasteiger partial charge is 0.306 e. The van der Waals surface area contributed by atoms with Crippen LogP contribution in [0.1, 0.15) is 25.7 Å². The van der Waals surface area contributed by atoms with Crippen LogP contribution in [-0.2, 0) is 9.59 Å². The Kier molecular flexibility index (Phi) is 6.43. The van der Waals surface area contributed by atoms with Crippen molar-refractivity contribution < 1.29 is 14.7 Å². The molecule has 0 aromatic carbocycles. The first-order chi connectivity index (χ1) is 8.63. The summed E-state index contributed by atoms with van der Waals surface area (Å²) in [6.45, 7) is 5.11. The van der Waals surface area contributed by atoms with Crippen molar-refractivity contribution in [3.05, 3.63) is 12.7 Å². The number of carbonyl (C=O) groups excluding carboxylic acids is 1. The molecule has 1 rings (SSSR count). The van der Waals surface area contributed by atoms with Gasteiger partial charge in [-0.15, -0.1) is 6.58 Å². The van der Waals surface area contributed by atoms with Crippen LogP contribution in [-0.4, -0.2) is 36.6 Å². The highest BCUT2D eigenvalue weighted by molar-refractivity contribution is 5.78. The molecule has 0 bridgehead atoms. The molecular formula is C13H22N2O3. The van der Waals surface area contributed by atoms with Crippen molar-refractivity contribution in [3.63, 3.8) is 0 Å². The Labute approximate surface area is 108 Å². The summed E-state index contributed by atoms with van der Waals surface area (Å²) in [6, 6.07) is 0. The molecule has 0 atom stereocenters. The number of nitrogens with one attached hydrogen (secondary N) is 2. The van der Waals surface area contributed by atoms with Crippen molar-refractivity contribution in [2.24, 2.45) is 11.8 Å². The summed E-state index contributed by atoms with van der Waals surface area (Å²) >= 11 is 0. The third-order valence-electron chi connectivity index (χ3n) is 3.36. The van der Waals surface area contributed by atoms with Crippen LogP contribution in [0.4, 0.5) is 0 Å². The molecule has 1 amide bonds. The molecule has 5 heteroatoms. The number of aliphatic carboxylic acids is 1. The molecule has 0 aromatic rings. The highest BCUT2D eigenvalue weighted by Crippen LogP contribution is 2.28. The lowest BCUT2D eigenvalue weighted by Gasteiger charge is -2.26. The lowest BCUT2D eigenvalue weighted by Crippen LogP contribution is -2.37. The van der Waals surface area contributed by atoms with E-state index in [1.807, 2.05) is 0 Å². The van der Waals surface area contributed by atoms with Crippen molar-refractivity contribution in [3.8, 4) is 0 Å². The fourth-order valence-electron chi connectivity index (χ4n) is 2.25. The zero-order valence-electron chi connectivity index (χ0n) is 10.7. The third kappa shape index (κ3) is 5.31. The summed E-state index contributed by atoms with van der Waals surface area (Å²) in [5.74, 6) is -0.385. The predicted molar refractivity (Wildman–Crippen MR) is 69.2 cm³/mol. The second-order valence-electron chi connectivity index (χ2n) is 4.78. The SMILES string of the molecule is C=CCNC(=O)CNCC1CCC(C(=O)O)CC1. The van der Waals surface area contributed by atoms with Crippen molar-refractivity contribution in [2.75, 3.05) is 19.6 Å². The molecule has 102 valence electrons. The van der Waals surface area contributed by atoms with Gasteiger partial charge in [-0.1, -0.05) is 6.08 Å². The quantitative estimate of drug-likeness (QED) is 0.586. The maximum Gasteiger partial charge on any atom is 0.306 e. The van der Waals surface area contributed by atoms with Crippen LogP contribution >= 0.6 is 0 Å². The number of hydrogen-bond donors (Lipinski definition) is 3. The van der Waals surface area contributed by atoms with Gasteiger partial charge in [0, 0.05) is 6.54 Å². The van der Waals surface area contributed by atoms with Gasteiger partial charge in [-0.2, -0.15) is 0 Å². The second-order valence-corrected chi connectivity index (χ2v) is 4.78. The highest BCUT2D eigenvalue weighted by Gasteiger charge is 2.25. The minimum Gasteiger partial charge on any atom is -0.481 e. The van der Waals surface area contributed by atoms with Gasteiger partial charge in [0.25, 0.3) is 0 Å². The van der Waals surface area contributed by atoms with Crippen molar-refractivity contribution >= 4 is 11.9 Å². The van der Waals surface area contributed by atoms with E-state index in [0.717, 1.165) is 32.2 Å². The molecule has 0 unspecified atom stereocenters. The molecule has 1 aliphatic carbocycles. The summed E-state index contributed by atoms with van der Waals surface area (Å²) < 4.78 is 0. The molecule has 0 aliphatic heterocycles. The molecule has 0 radical (unpaired) electrons. The van der Waals surface area contributed by atoms with Gasteiger partial charge in [-0.25, -0.2) is 0 Å². The van der Waals surface area contributed by atoms with Gasteiger partial charge < -0.3 is 15.7 Å². The monoisotopic (exact) mass is 254 g/mol. The first-order valence-electron chi connectivity index (χ1n) is 6.44. The Morgan fingerprint density at radius 3 is 2.50 bits per heavy atom. The van der Waals surface area contributed by atoms with Crippen molar-refractivity contribution in [1.29, 1.82) is 0 Å². The van der Waals surface area contributed by atoms with E-state index in [2.05, 4.69) is 17.2 Å². The van der Waals surface area contributed by atoms with Crippen LogP contribution in [0.2, 0.25) is 0 Å². The fraction of sp³-hybridized carbons (Fsp3) is 0.692. The number of hydrogen-bond acceptors (Lipinski definition) is 3. The molecule has 3 N–H and O–H groups in total. The Morgan fingerprint density at radius 1 is 1.28 bits per heavy atom. The van der Waals surface area contributed by atoms with Crippen molar-refractivity contribution in [1.82, 2.24) is 10.6 Å². The number of rotatable bonds is 7. The number of carboxylic acids is 1. The molecule has 1 saturated carbocycles. The van der Waals surface area contributed by atoms with Gasteiger partial charge in [0.05, 0.1) is 12.5 Å². The van der Waals surface area contributed by atoms with E-state index < -0.39 is 5.97 Å². The normalized spacial score (nSPS) is 23.3. The highest BCUT2D eigenvalue weighted by atomic mass is 16.4. The van der Waals surface area contributed by atoms with E-state index in [-0.39, 0.29) is 11.8 Å². The Bertz CT molecular complexity index is 297. The van der Waals surface area contributed by atoms with Gasteiger partial charge in [-0.05, 0) is 38.1 Å². The maximum absolute atomic E-state index is 11.3. The molecule has 18 heavy (non-hydrogen) atoms. The van der Waals surface area contributed by atoms with Crippen LogP contribution in [0.5, 0.6) is 0 Å². The Balaban J connectivity index is 2.09. The van der Waals surface area contributed by atoms with E-state index in [1.54, 1.807) is 6.08 Å². The first-order valence-corrected chi connectivity index (χ1v) is 6.44. The van der Waals surface area contributed by atoms with Gasteiger partial charge in [-0.3, -0.25) is 9.59 Å². The lowest BCUT2D eigenvalue weighted by atomic mass is 9.82. The zero-order chi connectivity index (χ0) is 13.4. The Morgan fingerprint density at radius 2 is 1.94 bits per heavy atom. The van der Waals surface area contributed by atoms with E-state index in [9.17, 15) is 9.59 Å². The summed E-state index contributed by atoms with van der Waals surface area (Å²) in [4.78, 5) is 22.1. The molecule has 0 spiro atoms. The third-order valence-corrected chi connectivity index (χ3v) is 3.36. The van der Waals surface area contributed by atoms with Crippen LogP contribution in [0.15, 0.2) is 12.7 Å². The van der Waals surface area contributed by atoms with Gasteiger partial charge in [0.2, 0.25) is 5.91 Å². The fourth-order valence-corrected chi connectivity index (χ4v) is 2.25. The molecular weight excluding hydrogens is 232 g/mol. The van der Waals surface area contributed by atoms with Crippen LogP contribution < -0.4 is 10.6 Å². The zero-order valence-corrected chi connectivity index (χ0v) is 10.7. The molecule has 1 fully saturated rings. The van der Waals surface area contributed by atoms with Gasteiger partial charge in [0.15, 0.2) is 0 Å². The number of carbonyl (C=O) groups is 2. The maximum atomic E-state index is 11.3. The van der Waals surface area contributed by atoms with E-state index in [4.69, 9.17) is 5.11 Å². The number of carboxylic acid groups (broad SMARTS) is 1. The van der Waals surface area contributed by atoms with Gasteiger partial charge >= 0.3 is 5.97 Å². The van der Waals surface area contributed by atoms with Gasteiger partial charge in [0.1, 0.15) is 0 Å².